The first kappa shape index (κ1) is 11.2. The van der Waals surface area contributed by atoms with Crippen molar-refractivity contribution < 1.29 is 4.79 Å². The van der Waals surface area contributed by atoms with E-state index >= 15 is 0 Å². The molecular weight excluding hydrogens is 198 g/mol. The van der Waals surface area contributed by atoms with Gasteiger partial charge in [0, 0.05) is 5.92 Å². The molecule has 14 heavy (non-hydrogen) atoms. The van der Waals surface area contributed by atoms with Crippen molar-refractivity contribution in [3.63, 3.8) is 0 Å². The monoisotopic (exact) mass is 215 g/mol. The lowest BCUT2D eigenvalue weighted by molar-refractivity contribution is -0.127. The molecular formula is C9H17N3OS. The highest BCUT2D eigenvalue weighted by Crippen LogP contribution is 2.28. The van der Waals surface area contributed by atoms with Crippen molar-refractivity contribution in [2.24, 2.45) is 17.6 Å². The van der Waals surface area contributed by atoms with Crippen molar-refractivity contribution in [3.8, 4) is 0 Å². The van der Waals surface area contributed by atoms with E-state index in [4.69, 9.17) is 5.73 Å². The van der Waals surface area contributed by atoms with Gasteiger partial charge in [0.15, 0.2) is 5.11 Å². The topological polar surface area (TPSA) is 67.2 Å². The molecule has 0 aromatic heterocycles. The summed E-state index contributed by atoms with van der Waals surface area (Å²) >= 11 is 4.59. The molecule has 5 heteroatoms. The molecule has 0 bridgehead atoms. The van der Waals surface area contributed by atoms with E-state index in [1.807, 2.05) is 0 Å². The van der Waals surface area contributed by atoms with Crippen LogP contribution in [0.4, 0.5) is 0 Å². The molecule has 2 atom stereocenters. The Morgan fingerprint density at radius 3 is 2.71 bits per heavy atom. The van der Waals surface area contributed by atoms with Crippen molar-refractivity contribution in [1.82, 2.24) is 10.9 Å². The van der Waals surface area contributed by atoms with Crippen molar-refractivity contribution >= 4 is 23.2 Å². The van der Waals surface area contributed by atoms with Crippen LogP contribution < -0.4 is 16.6 Å². The summed E-state index contributed by atoms with van der Waals surface area (Å²) in [6.45, 7) is 2.18. The van der Waals surface area contributed by atoms with Gasteiger partial charge >= 0.3 is 0 Å². The second-order valence-electron chi connectivity index (χ2n) is 3.95. The van der Waals surface area contributed by atoms with Crippen LogP contribution in [0.25, 0.3) is 0 Å². The smallest absolute Gasteiger partial charge is 0.241 e. The molecule has 2 unspecified atom stereocenters. The third-order valence-corrected chi connectivity index (χ3v) is 2.72. The van der Waals surface area contributed by atoms with Gasteiger partial charge in [0.1, 0.15) is 0 Å². The standard InChI is InChI=1S/C9H17N3OS/c1-6-3-2-4-7(5-6)8(13)11-12-9(10)14/h6-7H,2-5H2,1H3,(H,11,13)(H3,10,12,14). The van der Waals surface area contributed by atoms with E-state index in [-0.39, 0.29) is 16.9 Å². The lowest BCUT2D eigenvalue weighted by atomic mass is 9.82. The molecule has 0 aromatic rings. The molecule has 0 aromatic carbocycles. The molecule has 4 nitrogen and oxygen atoms in total. The number of hydrazine groups is 1. The van der Waals surface area contributed by atoms with Gasteiger partial charge in [-0.1, -0.05) is 19.8 Å². The number of hydrogen-bond donors (Lipinski definition) is 3. The highest BCUT2D eigenvalue weighted by Gasteiger charge is 2.24. The van der Waals surface area contributed by atoms with Crippen molar-refractivity contribution in [2.75, 3.05) is 0 Å². The van der Waals surface area contributed by atoms with E-state index in [0.29, 0.717) is 5.92 Å². The Morgan fingerprint density at radius 2 is 2.14 bits per heavy atom. The minimum atomic E-state index is 0.00403. The summed E-state index contributed by atoms with van der Waals surface area (Å²) in [7, 11) is 0. The number of thiocarbonyl (C=S) groups is 1. The van der Waals surface area contributed by atoms with Crippen molar-refractivity contribution in [3.05, 3.63) is 0 Å². The van der Waals surface area contributed by atoms with E-state index in [0.717, 1.165) is 19.3 Å². The van der Waals surface area contributed by atoms with Crippen LogP contribution in [0.1, 0.15) is 32.6 Å². The normalized spacial score (nSPS) is 26.6. The number of rotatable bonds is 1. The second kappa shape index (κ2) is 5.14. The summed E-state index contributed by atoms with van der Waals surface area (Å²) in [4.78, 5) is 11.6. The molecule has 0 saturated heterocycles. The zero-order chi connectivity index (χ0) is 10.6. The fraction of sp³-hybridized carbons (Fsp3) is 0.778. The van der Waals surface area contributed by atoms with Crippen molar-refractivity contribution in [1.29, 1.82) is 0 Å². The van der Waals surface area contributed by atoms with Gasteiger partial charge in [0.25, 0.3) is 0 Å². The third kappa shape index (κ3) is 3.49. The largest absolute Gasteiger partial charge is 0.375 e. The first-order chi connectivity index (χ1) is 6.59. The van der Waals surface area contributed by atoms with Crippen LogP contribution in [-0.4, -0.2) is 11.0 Å². The number of amides is 1. The molecule has 1 aliphatic rings. The highest BCUT2D eigenvalue weighted by atomic mass is 32.1. The third-order valence-electron chi connectivity index (χ3n) is 2.62. The molecule has 0 aliphatic heterocycles. The van der Waals surface area contributed by atoms with Gasteiger partial charge < -0.3 is 5.73 Å². The molecule has 1 amide bonds. The first-order valence-electron chi connectivity index (χ1n) is 4.95. The second-order valence-corrected chi connectivity index (χ2v) is 4.39. The van der Waals surface area contributed by atoms with Crippen molar-refractivity contribution in [2.45, 2.75) is 32.6 Å². The number of carbonyl (C=O) groups excluding carboxylic acids is 1. The number of hydrogen-bond acceptors (Lipinski definition) is 2. The maximum atomic E-state index is 11.6. The van der Waals surface area contributed by atoms with Crippen LogP contribution in [-0.2, 0) is 4.79 Å². The quantitative estimate of drug-likeness (QED) is 0.444. The average molecular weight is 215 g/mol. The van der Waals surface area contributed by atoms with Gasteiger partial charge in [-0.2, -0.15) is 0 Å². The van der Waals surface area contributed by atoms with Crippen LogP contribution in [0, 0.1) is 11.8 Å². The summed E-state index contributed by atoms with van der Waals surface area (Å²) in [6, 6.07) is 0. The van der Waals surface area contributed by atoms with E-state index in [2.05, 4.69) is 30.0 Å². The van der Waals surface area contributed by atoms with E-state index in [9.17, 15) is 4.79 Å². The van der Waals surface area contributed by atoms with Crippen LogP contribution in [0.3, 0.4) is 0 Å². The number of nitrogens with one attached hydrogen (secondary N) is 2. The molecule has 0 radical (unpaired) electrons. The van der Waals surface area contributed by atoms with Gasteiger partial charge in [-0.15, -0.1) is 0 Å². The Balaban J connectivity index is 2.32. The van der Waals surface area contributed by atoms with E-state index in [1.54, 1.807) is 0 Å². The molecule has 4 N–H and O–H groups in total. The molecule has 1 rings (SSSR count). The minimum Gasteiger partial charge on any atom is -0.375 e. The molecule has 1 saturated carbocycles. The predicted molar refractivity (Wildman–Crippen MR) is 59.2 cm³/mol. The minimum absolute atomic E-state index is 0.00403. The van der Waals surface area contributed by atoms with Gasteiger partial charge in [0.05, 0.1) is 0 Å². The molecule has 0 heterocycles. The van der Waals surface area contributed by atoms with Gasteiger partial charge in [-0.25, -0.2) is 0 Å². The summed E-state index contributed by atoms with van der Waals surface area (Å²) in [6.07, 6.45) is 4.29. The van der Waals surface area contributed by atoms with Crippen LogP contribution in [0.15, 0.2) is 0 Å². The Labute approximate surface area is 89.6 Å². The predicted octanol–water partition coefficient (Wildman–Crippen LogP) is 0.677. The maximum absolute atomic E-state index is 11.6. The molecule has 0 spiro atoms. The van der Waals surface area contributed by atoms with E-state index < -0.39 is 0 Å². The fourth-order valence-electron chi connectivity index (χ4n) is 1.90. The van der Waals surface area contributed by atoms with Crippen LogP contribution in [0.5, 0.6) is 0 Å². The highest BCUT2D eigenvalue weighted by molar-refractivity contribution is 7.80. The lowest BCUT2D eigenvalue weighted by Crippen LogP contribution is -2.47. The Kier molecular flexibility index (Phi) is 4.13. The SMILES string of the molecule is CC1CCCC(C(=O)NNC(N)=S)C1. The summed E-state index contributed by atoms with van der Waals surface area (Å²) in [5, 5.41) is 0.0993. The van der Waals surface area contributed by atoms with Gasteiger partial charge in [-0.05, 0) is 31.0 Å². The molecule has 1 aliphatic carbocycles. The summed E-state index contributed by atoms with van der Waals surface area (Å²) in [5.41, 5.74) is 10.2. The zero-order valence-corrected chi connectivity index (χ0v) is 9.19. The Hall–Kier alpha value is -0.840. The fourth-order valence-corrected chi connectivity index (χ4v) is 1.95. The molecule has 1 fully saturated rings. The molecule has 80 valence electrons. The Bertz CT molecular complexity index is 232. The summed E-state index contributed by atoms with van der Waals surface area (Å²) < 4.78 is 0. The first-order valence-corrected chi connectivity index (χ1v) is 5.35. The van der Waals surface area contributed by atoms with Crippen LogP contribution in [0.2, 0.25) is 0 Å². The summed E-state index contributed by atoms with van der Waals surface area (Å²) in [5.74, 6) is 0.759. The average Bonchev–Trinajstić information content (AvgIpc) is 2.14. The van der Waals surface area contributed by atoms with Gasteiger partial charge in [0.2, 0.25) is 5.91 Å². The van der Waals surface area contributed by atoms with Crippen LogP contribution >= 0.6 is 12.2 Å². The lowest BCUT2D eigenvalue weighted by Gasteiger charge is -2.25. The number of nitrogens with two attached hydrogens (primary N) is 1. The maximum Gasteiger partial charge on any atom is 0.241 e. The zero-order valence-electron chi connectivity index (χ0n) is 8.38. The van der Waals surface area contributed by atoms with Gasteiger partial charge in [-0.3, -0.25) is 15.6 Å². The number of carbonyl (C=O) groups is 1. The van der Waals surface area contributed by atoms with E-state index in [1.165, 1.54) is 6.42 Å². The Morgan fingerprint density at radius 1 is 1.43 bits per heavy atom.